The maximum absolute atomic E-state index is 11.8. The molecule has 2 rings (SSSR count). The molecule has 1 aromatic rings. The quantitative estimate of drug-likeness (QED) is 0.748. The van der Waals surface area contributed by atoms with Gasteiger partial charge in [0.25, 0.3) is 0 Å². The third-order valence-electron chi connectivity index (χ3n) is 2.63. The highest BCUT2D eigenvalue weighted by atomic mass is 35.5. The molecule has 15 heavy (non-hydrogen) atoms. The normalized spacial score (nSPS) is 19.1. The molecule has 1 atom stereocenters. The molecule has 0 N–H and O–H groups in total. The number of rotatable bonds is 2. The molecule has 0 amide bonds. The molecule has 0 aromatic heterocycles. The Morgan fingerprint density at radius 2 is 2.00 bits per heavy atom. The van der Waals surface area contributed by atoms with E-state index in [1.807, 2.05) is 0 Å². The molecule has 0 radical (unpaired) electrons. The van der Waals surface area contributed by atoms with Gasteiger partial charge in [-0.15, -0.1) is 0 Å². The first kappa shape index (κ1) is 10.7. The molecule has 4 heteroatoms. The van der Waals surface area contributed by atoms with Gasteiger partial charge in [-0.3, -0.25) is 4.79 Å². The van der Waals surface area contributed by atoms with E-state index in [2.05, 4.69) is 0 Å². The van der Waals surface area contributed by atoms with E-state index in [4.69, 9.17) is 23.2 Å². The van der Waals surface area contributed by atoms with Crippen molar-refractivity contribution in [3.63, 3.8) is 0 Å². The highest BCUT2D eigenvalue weighted by molar-refractivity contribution is 6.42. The van der Waals surface area contributed by atoms with E-state index in [0.717, 1.165) is 11.8 Å². The van der Waals surface area contributed by atoms with E-state index < -0.39 is 0 Å². The fraction of sp³-hybridized carbons (Fsp3) is 0.273. The Balaban J connectivity index is 2.41. The zero-order valence-corrected chi connectivity index (χ0v) is 9.31. The van der Waals surface area contributed by atoms with Gasteiger partial charge < -0.3 is 4.79 Å². The van der Waals surface area contributed by atoms with E-state index in [9.17, 15) is 9.59 Å². The molecule has 0 bridgehead atoms. The van der Waals surface area contributed by atoms with Crippen molar-refractivity contribution < 1.29 is 9.59 Å². The SMILES string of the molecule is O=CCC1Cc2cc(Cl)c(Cl)cc2C1=O. The number of hydrogen-bond acceptors (Lipinski definition) is 2. The second-order valence-electron chi connectivity index (χ2n) is 3.59. The molecule has 0 aliphatic heterocycles. The number of ketones is 1. The van der Waals surface area contributed by atoms with Gasteiger partial charge in [-0.05, 0) is 24.1 Å². The molecular weight excluding hydrogens is 235 g/mol. The van der Waals surface area contributed by atoms with Crippen molar-refractivity contribution in [2.75, 3.05) is 0 Å². The average Bonchev–Trinajstić information content (AvgIpc) is 2.47. The predicted molar refractivity (Wildman–Crippen MR) is 58.7 cm³/mol. The summed E-state index contributed by atoms with van der Waals surface area (Å²) < 4.78 is 0. The van der Waals surface area contributed by atoms with E-state index in [1.54, 1.807) is 12.1 Å². The Morgan fingerprint density at radius 1 is 1.33 bits per heavy atom. The van der Waals surface area contributed by atoms with Crippen molar-refractivity contribution >= 4 is 35.3 Å². The van der Waals surface area contributed by atoms with Crippen LogP contribution in [0.25, 0.3) is 0 Å². The molecule has 1 aromatic carbocycles. The van der Waals surface area contributed by atoms with E-state index >= 15 is 0 Å². The second-order valence-corrected chi connectivity index (χ2v) is 4.41. The first-order valence-electron chi connectivity index (χ1n) is 4.59. The number of fused-ring (bicyclic) bond motifs is 1. The third kappa shape index (κ3) is 1.80. The highest BCUT2D eigenvalue weighted by Gasteiger charge is 2.30. The van der Waals surface area contributed by atoms with E-state index in [0.29, 0.717) is 22.0 Å². The standard InChI is InChI=1S/C11H8Cl2O2/c12-9-4-7-3-6(1-2-14)11(15)8(7)5-10(9)13/h2,4-6H,1,3H2. The topological polar surface area (TPSA) is 34.1 Å². The van der Waals surface area contributed by atoms with E-state index in [1.165, 1.54) is 0 Å². The van der Waals surface area contributed by atoms with Crippen molar-refractivity contribution in [2.45, 2.75) is 12.8 Å². The van der Waals surface area contributed by atoms with Crippen LogP contribution in [0.4, 0.5) is 0 Å². The first-order valence-corrected chi connectivity index (χ1v) is 5.35. The summed E-state index contributed by atoms with van der Waals surface area (Å²) in [6, 6.07) is 3.30. The fourth-order valence-corrected chi connectivity index (χ4v) is 2.22. The van der Waals surface area contributed by atoms with Gasteiger partial charge in [-0.1, -0.05) is 23.2 Å². The van der Waals surface area contributed by atoms with E-state index in [-0.39, 0.29) is 18.1 Å². The van der Waals surface area contributed by atoms with Gasteiger partial charge in [0.05, 0.1) is 10.0 Å². The number of halogens is 2. The minimum atomic E-state index is -0.230. The van der Waals surface area contributed by atoms with Crippen molar-refractivity contribution in [1.29, 1.82) is 0 Å². The maximum Gasteiger partial charge on any atom is 0.167 e. The largest absolute Gasteiger partial charge is 0.303 e. The fourth-order valence-electron chi connectivity index (χ4n) is 1.87. The van der Waals surface area contributed by atoms with Crippen molar-refractivity contribution in [2.24, 2.45) is 5.92 Å². The van der Waals surface area contributed by atoms with Gasteiger partial charge >= 0.3 is 0 Å². The molecule has 1 unspecified atom stereocenters. The van der Waals surface area contributed by atoms with Gasteiger partial charge in [-0.2, -0.15) is 0 Å². The minimum Gasteiger partial charge on any atom is -0.303 e. The lowest BCUT2D eigenvalue weighted by atomic mass is 10.0. The molecule has 78 valence electrons. The van der Waals surface area contributed by atoms with Crippen LogP contribution >= 0.6 is 23.2 Å². The number of benzene rings is 1. The second kappa shape index (κ2) is 3.95. The summed E-state index contributed by atoms with van der Waals surface area (Å²) in [7, 11) is 0. The van der Waals surface area contributed by atoms with Crippen LogP contribution in [-0.4, -0.2) is 12.1 Å². The van der Waals surface area contributed by atoms with Crippen LogP contribution in [0.2, 0.25) is 10.0 Å². The van der Waals surface area contributed by atoms with Gasteiger partial charge in [-0.25, -0.2) is 0 Å². The molecular formula is C11H8Cl2O2. The summed E-state index contributed by atoms with van der Waals surface area (Å²) in [6.45, 7) is 0. The molecule has 0 heterocycles. The van der Waals surface area contributed by atoms with Crippen molar-refractivity contribution in [3.8, 4) is 0 Å². The Hall–Kier alpha value is -0.860. The highest BCUT2D eigenvalue weighted by Crippen LogP contribution is 2.34. The van der Waals surface area contributed by atoms with Crippen LogP contribution < -0.4 is 0 Å². The molecule has 1 aliphatic rings. The molecule has 0 saturated carbocycles. The Labute approximate surface area is 97.2 Å². The third-order valence-corrected chi connectivity index (χ3v) is 3.35. The maximum atomic E-state index is 11.8. The lowest BCUT2D eigenvalue weighted by Crippen LogP contribution is -2.08. The summed E-state index contributed by atoms with van der Waals surface area (Å²) in [5.74, 6) is -0.234. The molecule has 1 aliphatic carbocycles. The number of aldehydes is 1. The van der Waals surface area contributed by atoms with Crippen molar-refractivity contribution in [1.82, 2.24) is 0 Å². The van der Waals surface area contributed by atoms with Crippen LogP contribution in [-0.2, 0) is 11.2 Å². The van der Waals surface area contributed by atoms with Crippen LogP contribution in [0, 0.1) is 5.92 Å². The summed E-state index contributed by atoms with van der Waals surface area (Å²) in [5, 5.41) is 0.838. The Kier molecular flexibility index (Phi) is 2.81. The lowest BCUT2D eigenvalue weighted by molar-refractivity contribution is -0.108. The number of hydrogen-bond donors (Lipinski definition) is 0. The van der Waals surface area contributed by atoms with Gasteiger partial charge in [0.15, 0.2) is 5.78 Å². The average molecular weight is 243 g/mol. The summed E-state index contributed by atoms with van der Waals surface area (Å²) in [5.41, 5.74) is 1.50. The molecule has 0 saturated heterocycles. The smallest absolute Gasteiger partial charge is 0.167 e. The summed E-state index contributed by atoms with van der Waals surface area (Å²) in [4.78, 5) is 22.2. The number of carbonyl (C=O) groups is 2. The van der Waals surface area contributed by atoms with Crippen LogP contribution in [0.15, 0.2) is 12.1 Å². The summed E-state index contributed by atoms with van der Waals surface area (Å²) in [6.07, 6.45) is 1.63. The molecule has 0 spiro atoms. The van der Waals surface area contributed by atoms with Crippen molar-refractivity contribution in [3.05, 3.63) is 33.3 Å². The minimum absolute atomic E-state index is 0.00401. The molecule has 2 nitrogen and oxygen atoms in total. The number of carbonyl (C=O) groups excluding carboxylic acids is 2. The van der Waals surface area contributed by atoms with Crippen LogP contribution in [0.3, 0.4) is 0 Å². The predicted octanol–water partition coefficient (Wildman–Crippen LogP) is 2.94. The first-order chi connectivity index (χ1) is 7.13. The zero-order chi connectivity index (χ0) is 11.0. The van der Waals surface area contributed by atoms with Crippen LogP contribution in [0.5, 0.6) is 0 Å². The monoisotopic (exact) mass is 242 g/mol. The van der Waals surface area contributed by atoms with Gasteiger partial charge in [0, 0.05) is 17.9 Å². The van der Waals surface area contributed by atoms with Gasteiger partial charge in [0.1, 0.15) is 6.29 Å². The van der Waals surface area contributed by atoms with Crippen LogP contribution in [0.1, 0.15) is 22.3 Å². The van der Waals surface area contributed by atoms with Gasteiger partial charge in [0.2, 0.25) is 0 Å². The Bertz CT molecular complexity index is 440. The Morgan fingerprint density at radius 3 is 2.67 bits per heavy atom. The lowest BCUT2D eigenvalue weighted by Gasteiger charge is -2.00. The number of Topliss-reactive ketones (excluding diaryl/α,β-unsaturated/α-hetero) is 1. The summed E-state index contributed by atoms with van der Waals surface area (Å²) >= 11 is 11.7. The molecule has 0 fully saturated rings. The zero-order valence-electron chi connectivity index (χ0n) is 7.80.